The van der Waals surface area contributed by atoms with E-state index in [2.05, 4.69) is 111 Å². The molecule has 2 aliphatic heterocycles. The fourth-order valence-electron chi connectivity index (χ4n) is 4.91. The van der Waals surface area contributed by atoms with Crippen molar-refractivity contribution in [1.82, 2.24) is 9.47 Å². The van der Waals surface area contributed by atoms with Crippen molar-refractivity contribution < 1.29 is 0 Å². The van der Waals surface area contributed by atoms with Crippen LogP contribution in [0.25, 0.3) is 11.1 Å². The van der Waals surface area contributed by atoms with E-state index in [1.807, 2.05) is 24.4 Å². The Morgan fingerprint density at radius 2 is 1.60 bits per heavy atom. The highest BCUT2D eigenvalue weighted by Crippen LogP contribution is 2.39. The minimum absolute atomic E-state index is 0.461. The van der Waals surface area contributed by atoms with Gasteiger partial charge >= 0.3 is 0 Å². The number of benzene rings is 3. The van der Waals surface area contributed by atoms with E-state index in [0.717, 1.165) is 60.1 Å². The third kappa shape index (κ3) is 4.33. The van der Waals surface area contributed by atoms with Crippen LogP contribution in [0.1, 0.15) is 6.92 Å². The maximum atomic E-state index is 3.71. The van der Waals surface area contributed by atoms with Gasteiger partial charge in [-0.3, -0.25) is 0 Å². The molecule has 2 aliphatic rings. The van der Waals surface area contributed by atoms with Crippen LogP contribution in [0.3, 0.4) is 0 Å². The average Bonchev–Trinajstić information content (AvgIpc) is 3.50. The first-order valence-corrected chi connectivity index (χ1v) is 12.2. The minimum atomic E-state index is -0.461. The van der Waals surface area contributed by atoms with E-state index in [9.17, 15) is 0 Å². The van der Waals surface area contributed by atoms with Crippen LogP contribution in [0.15, 0.2) is 85.2 Å². The number of likely N-dealkylation sites (N-methyl/N-ethyl adjacent to an activating group) is 1. The number of nitrogens with one attached hydrogen (secondary N) is 3. The number of anilines is 5. The molecule has 6 heteroatoms. The Kier molecular flexibility index (Phi) is 5.38. The fourth-order valence-corrected chi connectivity index (χ4v) is 4.91. The standard InChI is InChI=1S/C29H31N6/c1-29(31-27-12-11-26(20-28(27)32-29)34-17-15-33(2)16-18-34)35-14-13-23(21-35)22-7-6-10-25(19-22)30-24-8-4-3-5-9-24/h3-12,14,19-21,30-32H,15-18H2,1-2H3. The lowest BCUT2D eigenvalue weighted by Crippen LogP contribution is -2.44. The molecule has 6 nitrogen and oxygen atoms in total. The van der Waals surface area contributed by atoms with E-state index in [0.29, 0.717) is 0 Å². The predicted octanol–water partition coefficient (Wildman–Crippen LogP) is 5.62. The van der Waals surface area contributed by atoms with E-state index in [4.69, 9.17) is 0 Å². The van der Waals surface area contributed by atoms with Crippen LogP contribution in [0.4, 0.5) is 28.4 Å². The molecule has 177 valence electrons. The van der Waals surface area contributed by atoms with Gasteiger partial charge < -0.3 is 30.3 Å². The maximum absolute atomic E-state index is 3.71. The maximum Gasteiger partial charge on any atom is 0.188 e. The molecule has 3 aromatic carbocycles. The SMILES string of the molecule is CN1CCN(c2ccc3c(c2)NC(C)(n2c[c]c(-c4cccc(Nc5ccccc5)c4)c2)N3)CC1. The molecular weight excluding hydrogens is 432 g/mol. The molecule has 3 N–H and O–H groups in total. The number of piperazine rings is 1. The van der Waals surface area contributed by atoms with E-state index < -0.39 is 5.79 Å². The van der Waals surface area contributed by atoms with E-state index >= 15 is 0 Å². The Labute approximate surface area is 207 Å². The highest BCUT2D eigenvalue weighted by molar-refractivity contribution is 5.79. The Morgan fingerprint density at radius 3 is 2.43 bits per heavy atom. The number of hydrogen-bond acceptors (Lipinski definition) is 5. The van der Waals surface area contributed by atoms with Gasteiger partial charge in [-0.2, -0.15) is 0 Å². The Bertz CT molecular complexity index is 1320. The second-order valence-electron chi connectivity index (χ2n) is 9.64. The van der Waals surface area contributed by atoms with Gasteiger partial charge in [-0.25, -0.2) is 0 Å². The molecular formula is C29H31N6. The smallest absolute Gasteiger partial charge is 0.188 e. The Balaban J connectivity index is 1.20. The molecule has 0 saturated carbocycles. The summed E-state index contributed by atoms with van der Waals surface area (Å²) in [6, 6.07) is 28.8. The lowest BCUT2D eigenvalue weighted by Gasteiger charge is -2.34. The quantitative estimate of drug-likeness (QED) is 0.359. The summed E-state index contributed by atoms with van der Waals surface area (Å²) in [5, 5.41) is 10.9. The van der Waals surface area contributed by atoms with E-state index in [1.165, 1.54) is 5.69 Å². The summed E-state index contributed by atoms with van der Waals surface area (Å²) in [6.07, 6.45) is 4.16. The summed E-state index contributed by atoms with van der Waals surface area (Å²) in [6.45, 7) is 6.49. The number of aromatic nitrogens is 1. The highest BCUT2D eigenvalue weighted by Gasteiger charge is 2.33. The summed E-state index contributed by atoms with van der Waals surface area (Å²) in [5.41, 5.74) is 7.84. The summed E-state index contributed by atoms with van der Waals surface area (Å²) in [5.74, 6) is -0.461. The van der Waals surface area contributed by atoms with Crippen molar-refractivity contribution in [1.29, 1.82) is 0 Å². The van der Waals surface area contributed by atoms with E-state index in [1.54, 1.807) is 0 Å². The number of nitrogens with zero attached hydrogens (tertiary/aromatic N) is 3. The first-order valence-electron chi connectivity index (χ1n) is 12.2. The van der Waals surface area contributed by atoms with Crippen molar-refractivity contribution in [2.75, 3.05) is 54.1 Å². The zero-order chi connectivity index (χ0) is 23.8. The van der Waals surface area contributed by atoms with Gasteiger partial charge in [0, 0.05) is 67.3 Å². The lowest BCUT2D eigenvalue weighted by molar-refractivity contribution is 0.313. The molecule has 1 atom stereocenters. The second kappa shape index (κ2) is 8.71. The molecule has 1 saturated heterocycles. The second-order valence-corrected chi connectivity index (χ2v) is 9.64. The van der Waals surface area contributed by atoms with Crippen LogP contribution in [0.5, 0.6) is 0 Å². The zero-order valence-electron chi connectivity index (χ0n) is 20.3. The van der Waals surface area contributed by atoms with Crippen LogP contribution in [0, 0.1) is 6.07 Å². The number of para-hydroxylation sites is 1. The van der Waals surface area contributed by atoms with Crippen molar-refractivity contribution in [3.63, 3.8) is 0 Å². The minimum Gasteiger partial charge on any atom is -0.369 e. The number of fused-ring (bicyclic) bond motifs is 1. The summed E-state index contributed by atoms with van der Waals surface area (Å²) < 4.78 is 2.16. The molecule has 0 spiro atoms. The van der Waals surface area contributed by atoms with Gasteiger partial charge in [-0.1, -0.05) is 30.3 Å². The van der Waals surface area contributed by atoms with Gasteiger partial charge in [-0.05, 0) is 62.0 Å². The summed E-state index contributed by atoms with van der Waals surface area (Å²) in [7, 11) is 2.19. The molecule has 0 aliphatic carbocycles. The van der Waals surface area contributed by atoms with Crippen molar-refractivity contribution in [2.24, 2.45) is 0 Å². The largest absolute Gasteiger partial charge is 0.369 e. The molecule has 1 aromatic heterocycles. The predicted molar refractivity (Wildman–Crippen MR) is 145 cm³/mol. The Morgan fingerprint density at radius 1 is 0.829 bits per heavy atom. The number of rotatable bonds is 5. The Hall–Kier alpha value is -3.90. The van der Waals surface area contributed by atoms with Gasteiger partial charge in [0.1, 0.15) is 0 Å². The van der Waals surface area contributed by atoms with Crippen LogP contribution < -0.4 is 20.9 Å². The van der Waals surface area contributed by atoms with Crippen LogP contribution >= 0.6 is 0 Å². The lowest BCUT2D eigenvalue weighted by atomic mass is 10.1. The molecule has 1 fully saturated rings. The van der Waals surface area contributed by atoms with Gasteiger partial charge in [0.05, 0.1) is 11.4 Å². The van der Waals surface area contributed by atoms with Crippen LogP contribution in [-0.2, 0) is 5.79 Å². The molecule has 3 heterocycles. The normalized spacial score (nSPS) is 19.7. The van der Waals surface area contributed by atoms with Gasteiger partial charge in [-0.15, -0.1) is 0 Å². The van der Waals surface area contributed by atoms with Crippen LogP contribution in [0.2, 0.25) is 0 Å². The van der Waals surface area contributed by atoms with Crippen molar-refractivity contribution in [3.8, 4) is 11.1 Å². The average molecular weight is 464 g/mol. The first kappa shape index (κ1) is 21.6. The van der Waals surface area contributed by atoms with Crippen LogP contribution in [-0.4, -0.2) is 42.7 Å². The van der Waals surface area contributed by atoms with Gasteiger partial charge in [0.15, 0.2) is 5.79 Å². The molecule has 35 heavy (non-hydrogen) atoms. The van der Waals surface area contributed by atoms with E-state index in [-0.39, 0.29) is 0 Å². The summed E-state index contributed by atoms with van der Waals surface area (Å²) in [4.78, 5) is 4.85. The first-order chi connectivity index (χ1) is 17.1. The fraction of sp³-hybridized carbons (Fsp3) is 0.241. The third-order valence-electron chi connectivity index (χ3n) is 7.01. The molecule has 1 unspecified atom stereocenters. The third-order valence-corrected chi connectivity index (χ3v) is 7.01. The summed E-state index contributed by atoms with van der Waals surface area (Å²) >= 11 is 0. The van der Waals surface area contributed by atoms with Crippen molar-refractivity contribution in [3.05, 3.63) is 91.3 Å². The topological polar surface area (TPSA) is 47.5 Å². The molecule has 0 bridgehead atoms. The molecule has 1 radical (unpaired) electrons. The molecule has 4 aromatic rings. The van der Waals surface area contributed by atoms with Gasteiger partial charge in [0.25, 0.3) is 0 Å². The number of hydrogen-bond donors (Lipinski definition) is 3. The zero-order valence-corrected chi connectivity index (χ0v) is 20.3. The highest BCUT2D eigenvalue weighted by atomic mass is 15.4. The molecule has 0 amide bonds. The van der Waals surface area contributed by atoms with Crippen molar-refractivity contribution in [2.45, 2.75) is 12.7 Å². The van der Waals surface area contributed by atoms with Gasteiger partial charge in [0.2, 0.25) is 0 Å². The van der Waals surface area contributed by atoms with Crippen molar-refractivity contribution >= 4 is 28.4 Å². The monoisotopic (exact) mass is 463 g/mol. The molecule has 6 rings (SSSR count).